The molecule has 1 unspecified atom stereocenters. The van der Waals surface area contributed by atoms with Crippen LogP contribution in [0.15, 0.2) is 29.2 Å². The van der Waals surface area contributed by atoms with E-state index in [9.17, 15) is 21.6 Å². The molecule has 1 N–H and O–H groups in total. The maximum Gasteiger partial charge on any atom is 0.501 e. The summed E-state index contributed by atoms with van der Waals surface area (Å²) >= 11 is 0. The Morgan fingerprint density at radius 1 is 1.29 bits per heavy atom. The summed E-state index contributed by atoms with van der Waals surface area (Å²) in [5.41, 5.74) is -5.18. The van der Waals surface area contributed by atoms with Gasteiger partial charge in [0.25, 0.3) is 9.84 Å². The van der Waals surface area contributed by atoms with Crippen LogP contribution in [0.3, 0.4) is 0 Å². The van der Waals surface area contributed by atoms with Crippen LogP contribution in [-0.2, 0) is 21.0 Å². The van der Waals surface area contributed by atoms with E-state index in [-0.39, 0.29) is 24.6 Å². The number of hydrogen-bond donors (Lipinski definition) is 1. The number of likely N-dealkylation sites (N-methyl/N-ethyl adjacent to an activating group) is 1. The van der Waals surface area contributed by atoms with Crippen molar-refractivity contribution in [2.45, 2.75) is 29.8 Å². The first-order valence-corrected chi connectivity index (χ1v) is 7.84. The number of alkyl halides is 3. The predicted octanol–water partition coefficient (Wildman–Crippen LogP) is 2.15. The van der Waals surface area contributed by atoms with Crippen molar-refractivity contribution in [2.24, 2.45) is 0 Å². The van der Waals surface area contributed by atoms with E-state index >= 15 is 0 Å². The molecule has 21 heavy (non-hydrogen) atoms. The SMILES string of the molecule is CCNC(COC)Cc1ccccc1S(=O)(=O)C(F)(F)F. The molecular weight excluding hydrogens is 307 g/mol. The summed E-state index contributed by atoms with van der Waals surface area (Å²) in [7, 11) is -3.88. The van der Waals surface area contributed by atoms with Crippen LogP contribution in [0, 0.1) is 0 Å². The lowest BCUT2D eigenvalue weighted by atomic mass is 10.1. The molecule has 0 saturated heterocycles. The fraction of sp³-hybridized carbons (Fsp3) is 0.538. The fourth-order valence-electron chi connectivity index (χ4n) is 2.00. The van der Waals surface area contributed by atoms with E-state index in [1.807, 2.05) is 6.92 Å². The Hall–Kier alpha value is -1.12. The minimum atomic E-state index is -5.35. The zero-order valence-electron chi connectivity index (χ0n) is 11.8. The quantitative estimate of drug-likeness (QED) is 0.834. The van der Waals surface area contributed by atoms with Gasteiger partial charge >= 0.3 is 5.51 Å². The highest BCUT2D eigenvalue weighted by atomic mass is 32.2. The molecule has 1 rings (SSSR count). The molecular formula is C13H18F3NO3S. The summed E-state index contributed by atoms with van der Waals surface area (Å²) in [4.78, 5) is -0.698. The molecule has 120 valence electrons. The van der Waals surface area contributed by atoms with Gasteiger partial charge < -0.3 is 10.1 Å². The van der Waals surface area contributed by atoms with E-state index in [1.165, 1.54) is 25.3 Å². The van der Waals surface area contributed by atoms with Crippen molar-refractivity contribution in [2.75, 3.05) is 20.3 Å². The van der Waals surface area contributed by atoms with Gasteiger partial charge in [0.1, 0.15) is 0 Å². The molecule has 1 aromatic carbocycles. The number of ether oxygens (including phenoxy) is 1. The van der Waals surface area contributed by atoms with Crippen molar-refractivity contribution < 1.29 is 26.3 Å². The third-order valence-electron chi connectivity index (χ3n) is 2.89. The second kappa shape index (κ2) is 7.24. The highest BCUT2D eigenvalue weighted by Gasteiger charge is 2.47. The number of methoxy groups -OCH3 is 1. The van der Waals surface area contributed by atoms with E-state index < -0.39 is 20.2 Å². The molecule has 1 atom stereocenters. The topological polar surface area (TPSA) is 55.4 Å². The lowest BCUT2D eigenvalue weighted by Crippen LogP contribution is -2.35. The van der Waals surface area contributed by atoms with Gasteiger partial charge in [-0.1, -0.05) is 25.1 Å². The van der Waals surface area contributed by atoms with Crippen molar-refractivity contribution in [3.05, 3.63) is 29.8 Å². The predicted molar refractivity (Wildman–Crippen MR) is 72.7 cm³/mol. The molecule has 8 heteroatoms. The van der Waals surface area contributed by atoms with Crippen LogP contribution in [-0.4, -0.2) is 40.2 Å². The van der Waals surface area contributed by atoms with Crippen molar-refractivity contribution in [1.29, 1.82) is 0 Å². The smallest absolute Gasteiger partial charge is 0.383 e. The van der Waals surface area contributed by atoms with E-state index in [2.05, 4.69) is 5.32 Å². The van der Waals surface area contributed by atoms with Gasteiger partial charge in [-0.15, -0.1) is 0 Å². The maximum absolute atomic E-state index is 12.7. The van der Waals surface area contributed by atoms with Gasteiger partial charge in [0, 0.05) is 13.2 Å². The molecule has 0 aliphatic rings. The number of nitrogens with one attached hydrogen (secondary N) is 1. The van der Waals surface area contributed by atoms with Crippen LogP contribution < -0.4 is 5.32 Å². The van der Waals surface area contributed by atoms with Crippen molar-refractivity contribution in [1.82, 2.24) is 5.32 Å². The minimum absolute atomic E-state index is 0.123. The Labute approximate surface area is 122 Å². The summed E-state index contributed by atoms with van der Waals surface area (Å²) in [5, 5.41) is 3.05. The van der Waals surface area contributed by atoms with E-state index in [4.69, 9.17) is 4.74 Å². The second-order valence-electron chi connectivity index (χ2n) is 4.47. The van der Waals surface area contributed by atoms with E-state index in [1.54, 1.807) is 0 Å². The van der Waals surface area contributed by atoms with Crippen LogP contribution in [0.4, 0.5) is 13.2 Å². The van der Waals surface area contributed by atoms with E-state index in [0.717, 1.165) is 6.07 Å². The summed E-state index contributed by atoms with van der Waals surface area (Å²) in [5.74, 6) is 0. The molecule has 0 spiro atoms. The lowest BCUT2D eigenvalue weighted by Gasteiger charge is -2.19. The molecule has 1 aromatic rings. The molecule has 0 radical (unpaired) electrons. The molecule has 0 fully saturated rings. The number of halogens is 3. The Morgan fingerprint density at radius 2 is 1.90 bits per heavy atom. The van der Waals surface area contributed by atoms with Gasteiger partial charge in [-0.2, -0.15) is 13.2 Å². The number of benzene rings is 1. The Morgan fingerprint density at radius 3 is 2.43 bits per heavy atom. The molecule has 0 heterocycles. The normalized spacial score (nSPS) is 14.1. The summed E-state index contributed by atoms with van der Waals surface area (Å²) in [6.07, 6.45) is 0.132. The first kappa shape index (κ1) is 17.9. The average Bonchev–Trinajstić information content (AvgIpc) is 2.38. The highest BCUT2D eigenvalue weighted by Crippen LogP contribution is 2.32. The van der Waals surface area contributed by atoms with Crippen molar-refractivity contribution >= 4 is 9.84 Å². The Balaban J connectivity index is 3.16. The fourth-order valence-corrected chi connectivity index (χ4v) is 3.01. The molecule has 0 aromatic heterocycles. The Kier molecular flexibility index (Phi) is 6.18. The zero-order valence-corrected chi connectivity index (χ0v) is 12.6. The van der Waals surface area contributed by atoms with Gasteiger partial charge in [0.15, 0.2) is 0 Å². The minimum Gasteiger partial charge on any atom is -0.383 e. The first-order valence-electron chi connectivity index (χ1n) is 6.35. The summed E-state index contributed by atoms with van der Waals surface area (Å²) < 4.78 is 66.3. The first-order chi connectivity index (χ1) is 9.74. The third kappa shape index (κ3) is 4.42. The highest BCUT2D eigenvalue weighted by molar-refractivity contribution is 7.92. The maximum atomic E-state index is 12.7. The van der Waals surface area contributed by atoms with Gasteiger partial charge in [0.05, 0.1) is 11.5 Å². The molecule has 0 bridgehead atoms. The van der Waals surface area contributed by atoms with Crippen LogP contribution in [0.5, 0.6) is 0 Å². The number of sulfone groups is 1. The second-order valence-corrected chi connectivity index (χ2v) is 6.38. The number of hydrogen-bond acceptors (Lipinski definition) is 4. The van der Waals surface area contributed by atoms with Gasteiger partial charge in [-0.3, -0.25) is 0 Å². The molecule has 0 amide bonds. The van der Waals surface area contributed by atoms with Crippen LogP contribution in [0.2, 0.25) is 0 Å². The Bertz CT molecular complexity index is 552. The van der Waals surface area contributed by atoms with Gasteiger partial charge in [-0.05, 0) is 24.6 Å². The third-order valence-corrected chi connectivity index (χ3v) is 4.48. The standard InChI is InChI=1S/C13H18F3NO3S/c1-3-17-11(9-20-2)8-10-6-4-5-7-12(10)21(18,19)13(14,15)16/h4-7,11,17H,3,8-9H2,1-2H3. The van der Waals surface area contributed by atoms with Gasteiger partial charge in [0.2, 0.25) is 0 Å². The molecule has 4 nitrogen and oxygen atoms in total. The summed E-state index contributed by atoms with van der Waals surface area (Å²) in [6, 6.07) is 4.90. The largest absolute Gasteiger partial charge is 0.501 e. The van der Waals surface area contributed by atoms with Gasteiger partial charge in [-0.25, -0.2) is 8.42 Å². The lowest BCUT2D eigenvalue weighted by molar-refractivity contribution is -0.0436. The molecule has 0 aliphatic heterocycles. The van der Waals surface area contributed by atoms with Crippen molar-refractivity contribution in [3.8, 4) is 0 Å². The number of rotatable bonds is 7. The molecule has 0 saturated carbocycles. The monoisotopic (exact) mass is 325 g/mol. The molecule has 0 aliphatic carbocycles. The van der Waals surface area contributed by atoms with Crippen LogP contribution in [0.25, 0.3) is 0 Å². The van der Waals surface area contributed by atoms with Crippen molar-refractivity contribution in [3.63, 3.8) is 0 Å². The van der Waals surface area contributed by atoms with Crippen LogP contribution >= 0.6 is 0 Å². The summed E-state index contributed by atoms with van der Waals surface area (Å²) in [6.45, 7) is 2.72. The zero-order chi connectivity index (χ0) is 16.1. The average molecular weight is 325 g/mol. The van der Waals surface area contributed by atoms with E-state index in [0.29, 0.717) is 6.54 Å². The van der Waals surface area contributed by atoms with Crippen LogP contribution in [0.1, 0.15) is 12.5 Å².